The van der Waals surface area contributed by atoms with Gasteiger partial charge in [0.05, 0.1) is 19.7 Å². The molecule has 0 atom stereocenters. The first kappa shape index (κ1) is 14.2. The van der Waals surface area contributed by atoms with Crippen LogP contribution < -0.4 is 14.4 Å². The monoisotopic (exact) mass is 264 g/mol. The number of likely N-dealkylation sites (tertiary alicyclic amines) is 1. The van der Waals surface area contributed by atoms with Crippen LogP contribution in [0.25, 0.3) is 0 Å². The lowest BCUT2D eigenvalue weighted by molar-refractivity contribution is -0.899. The lowest BCUT2D eigenvalue weighted by Crippen LogP contribution is -3.12. The summed E-state index contributed by atoms with van der Waals surface area (Å²) in [6.07, 6.45) is 5.53. The summed E-state index contributed by atoms with van der Waals surface area (Å²) in [5.41, 5.74) is 0. The second-order valence-electron chi connectivity index (χ2n) is 5.14. The Kier molecular flexibility index (Phi) is 6.02. The lowest BCUT2D eigenvalue weighted by Gasteiger charge is -2.18. The van der Waals surface area contributed by atoms with E-state index in [-0.39, 0.29) is 0 Å². The molecule has 0 aromatic heterocycles. The van der Waals surface area contributed by atoms with Gasteiger partial charge in [-0.1, -0.05) is 12.1 Å². The molecule has 1 aliphatic heterocycles. The van der Waals surface area contributed by atoms with E-state index in [4.69, 9.17) is 9.47 Å². The fourth-order valence-electron chi connectivity index (χ4n) is 2.63. The number of quaternary nitrogens is 1. The molecule has 0 unspecified atom stereocenters. The SMILES string of the molecule is CCOc1ccccc1OCC[NH+]1CCCCCC1. The minimum absolute atomic E-state index is 0.678. The topological polar surface area (TPSA) is 22.9 Å². The van der Waals surface area contributed by atoms with Gasteiger partial charge < -0.3 is 14.4 Å². The van der Waals surface area contributed by atoms with Crippen LogP contribution >= 0.6 is 0 Å². The van der Waals surface area contributed by atoms with Gasteiger partial charge in [0, 0.05) is 0 Å². The van der Waals surface area contributed by atoms with Crippen LogP contribution in [0.4, 0.5) is 0 Å². The molecule has 1 N–H and O–H groups in total. The Labute approximate surface area is 116 Å². The number of benzene rings is 1. The molecule has 1 saturated heterocycles. The smallest absolute Gasteiger partial charge is 0.161 e. The Morgan fingerprint density at radius 2 is 1.58 bits per heavy atom. The normalized spacial score (nSPS) is 16.9. The van der Waals surface area contributed by atoms with Gasteiger partial charge in [0.1, 0.15) is 13.2 Å². The summed E-state index contributed by atoms with van der Waals surface area (Å²) in [5.74, 6) is 1.73. The summed E-state index contributed by atoms with van der Waals surface area (Å²) in [5, 5.41) is 0. The predicted molar refractivity (Wildman–Crippen MR) is 77.1 cm³/mol. The third-order valence-corrected chi connectivity index (χ3v) is 3.67. The van der Waals surface area contributed by atoms with E-state index < -0.39 is 0 Å². The molecule has 19 heavy (non-hydrogen) atoms. The first-order chi connectivity index (χ1) is 9.40. The van der Waals surface area contributed by atoms with E-state index in [2.05, 4.69) is 0 Å². The quantitative estimate of drug-likeness (QED) is 0.848. The summed E-state index contributed by atoms with van der Waals surface area (Å²) in [4.78, 5) is 1.69. The zero-order valence-corrected chi connectivity index (χ0v) is 12.0. The van der Waals surface area contributed by atoms with Gasteiger partial charge in [-0.3, -0.25) is 0 Å². The van der Waals surface area contributed by atoms with Crippen molar-refractivity contribution in [3.05, 3.63) is 24.3 Å². The lowest BCUT2D eigenvalue weighted by atomic mass is 10.2. The van der Waals surface area contributed by atoms with E-state index in [1.165, 1.54) is 38.8 Å². The van der Waals surface area contributed by atoms with Crippen LogP contribution in [0.2, 0.25) is 0 Å². The van der Waals surface area contributed by atoms with Gasteiger partial charge in [-0.15, -0.1) is 0 Å². The minimum atomic E-state index is 0.678. The molecule has 1 fully saturated rings. The Bertz CT molecular complexity index is 360. The minimum Gasteiger partial charge on any atom is -0.490 e. The van der Waals surface area contributed by atoms with Gasteiger partial charge in [-0.2, -0.15) is 0 Å². The molecule has 0 radical (unpaired) electrons. The molecular weight excluding hydrogens is 238 g/mol. The molecule has 0 aliphatic carbocycles. The third-order valence-electron chi connectivity index (χ3n) is 3.67. The fraction of sp³-hybridized carbons (Fsp3) is 0.625. The molecule has 1 heterocycles. The first-order valence-corrected chi connectivity index (χ1v) is 7.58. The molecule has 1 aromatic carbocycles. The van der Waals surface area contributed by atoms with Crippen LogP contribution in [0.15, 0.2) is 24.3 Å². The second-order valence-corrected chi connectivity index (χ2v) is 5.14. The number of ether oxygens (including phenoxy) is 2. The maximum absolute atomic E-state index is 5.89. The number of hydrogen-bond acceptors (Lipinski definition) is 2. The number of para-hydroxylation sites is 2. The van der Waals surface area contributed by atoms with Crippen molar-refractivity contribution >= 4 is 0 Å². The molecular formula is C16H26NO2+. The van der Waals surface area contributed by atoms with Crippen molar-refractivity contribution in [1.82, 2.24) is 0 Å². The van der Waals surface area contributed by atoms with Crippen LogP contribution in [0.5, 0.6) is 11.5 Å². The maximum atomic E-state index is 5.89. The Hall–Kier alpha value is -1.22. The zero-order valence-electron chi connectivity index (χ0n) is 12.0. The fourth-order valence-corrected chi connectivity index (χ4v) is 2.63. The van der Waals surface area contributed by atoms with Crippen LogP contribution in [-0.2, 0) is 0 Å². The molecule has 106 valence electrons. The van der Waals surface area contributed by atoms with Crippen molar-refractivity contribution in [3.8, 4) is 11.5 Å². The van der Waals surface area contributed by atoms with Gasteiger partial charge in [0.15, 0.2) is 11.5 Å². The molecule has 0 amide bonds. The highest BCUT2D eigenvalue weighted by Crippen LogP contribution is 2.25. The van der Waals surface area contributed by atoms with Crippen LogP contribution in [-0.4, -0.2) is 32.8 Å². The van der Waals surface area contributed by atoms with Gasteiger partial charge >= 0.3 is 0 Å². The van der Waals surface area contributed by atoms with E-state index in [1.807, 2.05) is 31.2 Å². The van der Waals surface area contributed by atoms with Crippen molar-refractivity contribution in [1.29, 1.82) is 0 Å². The van der Waals surface area contributed by atoms with Crippen molar-refractivity contribution < 1.29 is 14.4 Å². The highest BCUT2D eigenvalue weighted by Gasteiger charge is 2.12. The largest absolute Gasteiger partial charge is 0.490 e. The summed E-state index contributed by atoms with van der Waals surface area (Å²) < 4.78 is 11.5. The average Bonchev–Trinajstić information content (AvgIpc) is 2.70. The van der Waals surface area contributed by atoms with Gasteiger partial charge in [-0.25, -0.2) is 0 Å². The van der Waals surface area contributed by atoms with Crippen LogP contribution in [0.3, 0.4) is 0 Å². The van der Waals surface area contributed by atoms with Gasteiger partial charge in [0.2, 0.25) is 0 Å². The van der Waals surface area contributed by atoms with Crippen LogP contribution in [0.1, 0.15) is 32.6 Å². The van der Waals surface area contributed by atoms with E-state index >= 15 is 0 Å². The Balaban J connectivity index is 1.78. The number of hydrogen-bond donors (Lipinski definition) is 1. The summed E-state index contributed by atoms with van der Waals surface area (Å²) in [7, 11) is 0. The van der Waals surface area contributed by atoms with Gasteiger partial charge in [0.25, 0.3) is 0 Å². The van der Waals surface area contributed by atoms with Crippen LogP contribution in [0, 0.1) is 0 Å². The Morgan fingerprint density at radius 3 is 2.21 bits per heavy atom. The van der Waals surface area contributed by atoms with E-state index in [0.29, 0.717) is 6.61 Å². The molecule has 3 heteroatoms. The predicted octanol–water partition coefficient (Wildman–Crippen LogP) is 1.92. The molecule has 0 saturated carbocycles. The molecule has 1 aromatic rings. The first-order valence-electron chi connectivity index (χ1n) is 7.58. The molecule has 3 nitrogen and oxygen atoms in total. The number of rotatable bonds is 6. The summed E-state index contributed by atoms with van der Waals surface area (Å²) in [6.45, 7) is 7.16. The Morgan fingerprint density at radius 1 is 0.947 bits per heavy atom. The van der Waals surface area contributed by atoms with E-state index in [9.17, 15) is 0 Å². The molecule has 0 bridgehead atoms. The molecule has 0 spiro atoms. The van der Waals surface area contributed by atoms with Gasteiger partial charge in [-0.05, 0) is 44.7 Å². The average molecular weight is 264 g/mol. The van der Waals surface area contributed by atoms with E-state index in [0.717, 1.165) is 24.7 Å². The molecule has 2 rings (SSSR count). The third kappa shape index (κ3) is 4.75. The highest BCUT2D eigenvalue weighted by atomic mass is 16.5. The second kappa shape index (κ2) is 8.05. The standard InChI is InChI=1S/C16H25NO2/c1-2-18-15-9-5-6-10-16(15)19-14-13-17-11-7-3-4-8-12-17/h5-6,9-10H,2-4,7-8,11-14H2,1H3/p+1. The highest BCUT2D eigenvalue weighted by molar-refractivity contribution is 5.39. The summed E-state index contributed by atoms with van der Waals surface area (Å²) >= 11 is 0. The maximum Gasteiger partial charge on any atom is 0.161 e. The zero-order chi connectivity index (χ0) is 13.3. The molecule has 1 aliphatic rings. The van der Waals surface area contributed by atoms with Crippen molar-refractivity contribution in [2.45, 2.75) is 32.6 Å². The van der Waals surface area contributed by atoms with Crippen molar-refractivity contribution in [3.63, 3.8) is 0 Å². The number of nitrogens with one attached hydrogen (secondary N) is 1. The summed E-state index contributed by atoms with van der Waals surface area (Å²) in [6, 6.07) is 7.94. The van der Waals surface area contributed by atoms with E-state index in [1.54, 1.807) is 4.90 Å². The van der Waals surface area contributed by atoms with Crippen molar-refractivity contribution in [2.75, 3.05) is 32.8 Å². The van der Waals surface area contributed by atoms with Crippen molar-refractivity contribution in [2.24, 2.45) is 0 Å².